The van der Waals surface area contributed by atoms with E-state index in [0.717, 1.165) is 22.4 Å². The summed E-state index contributed by atoms with van der Waals surface area (Å²) in [6.07, 6.45) is 0. The number of para-hydroxylation sites is 2. The Bertz CT molecular complexity index is 653. The van der Waals surface area contributed by atoms with Crippen LogP contribution in [0.15, 0.2) is 30.3 Å². The Morgan fingerprint density at radius 2 is 1.81 bits per heavy atom. The lowest BCUT2D eigenvalue weighted by molar-refractivity contribution is 0.0702. The Morgan fingerprint density at radius 1 is 1.12 bits per heavy atom. The number of nitrogens with zero attached hydrogens (tertiary/aromatic N) is 2. The maximum atomic E-state index is 10.8. The van der Waals surface area contributed by atoms with Crippen molar-refractivity contribution in [3.8, 4) is 0 Å². The standard InChI is InChI=1S/C11H6N2O2S/c14-11(15)9-5-8-10(16-9)13-7-4-2-1-3-6(7)12-8/h1-5H,(H,14,15). The number of benzene rings is 1. The Labute approximate surface area is 94.2 Å². The number of hydrogen-bond acceptors (Lipinski definition) is 4. The van der Waals surface area contributed by atoms with Gasteiger partial charge in [0.05, 0.1) is 11.0 Å². The van der Waals surface area contributed by atoms with Gasteiger partial charge in [-0.05, 0) is 18.2 Å². The van der Waals surface area contributed by atoms with Gasteiger partial charge in [-0.2, -0.15) is 0 Å². The van der Waals surface area contributed by atoms with E-state index in [1.807, 2.05) is 24.3 Å². The number of thiophene rings is 1. The number of aromatic nitrogens is 2. The van der Waals surface area contributed by atoms with Crippen molar-refractivity contribution in [2.75, 3.05) is 0 Å². The van der Waals surface area contributed by atoms with Crippen molar-refractivity contribution >= 4 is 38.7 Å². The molecule has 0 amide bonds. The highest BCUT2D eigenvalue weighted by Gasteiger charge is 2.10. The molecule has 0 bridgehead atoms. The van der Waals surface area contributed by atoms with Crippen LogP contribution in [0.3, 0.4) is 0 Å². The van der Waals surface area contributed by atoms with Gasteiger partial charge in [0.1, 0.15) is 15.2 Å². The first-order chi connectivity index (χ1) is 7.74. The van der Waals surface area contributed by atoms with Gasteiger partial charge < -0.3 is 5.11 Å². The first-order valence-electron chi connectivity index (χ1n) is 4.64. The van der Waals surface area contributed by atoms with Crippen LogP contribution in [0.4, 0.5) is 0 Å². The average Bonchev–Trinajstić information content (AvgIpc) is 2.68. The van der Waals surface area contributed by atoms with E-state index in [2.05, 4.69) is 9.97 Å². The van der Waals surface area contributed by atoms with E-state index in [9.17, 15) is 4.79 Å². The quantitative estimate of drug-likeness (QED) is 0.697. The zero-order valence-corrected chi connectivity index (χ0v) is 8.86. The highest BCUT2D eigenvalue weighted by molar-refractivity contribution is 7.20. The van der Waals surface area contributed by atoms with Gasteiger partial charge in [0.2, 0.25) is 0 Å². The van der Waals surface area contributed by atoms with Crippen molar-refractivity contribution in [3.05, 3.63) is 35.2 Å². The number of hydrogen-bond donors (Lipinski definition) is 1. The molecule has 5 heteroatoms. The summed E-state index contributed by atoms with van der Waals surface area (Å²) in [5.74, 6) is -0.936. The van der Waals surface area contributed by atoms with E-state index >= 15 is 0 Å². The molecule has 0 aliphatic carbocycles. The number of fused-ring (bicyclic) bond motifs is 2. The number of carboxylic acids is 1. The SMILES string of the molecule is O=C(O)c1cc2nc3ccccc3nc2s1. The smallest absolute Gasteiger partial charge is 0.346 e. The van der Waals surface area contributed by atoms with Crippen molar-refractivity contribution in [3.63, 3.8) is 0 Å². The minimum Gasteiger partial charge on any atom is -0.477 e. The lowest BCUT2D eigenvalue weighted by Crippen LogP contribution is -1.89. The molecule has 0 spiro atoms. The Morgan fingerprint density at radius 3 is 2.50 bits per heavy atom. The van der Waals surface area contributed by atoms with Gasteiger partial charge in [-0.25, -0.2) is 14.8 Å². The molecular weight excluding hydrogens is 224 g/mol. The van der Waals surface area contributed by atoms with Gasteiger partial charge >= 0.3 is 5.97 Å². The highest BCUT2D eigenvalue weighted by atomic mass is 32.1. The lowest BCUT2D eigenvalue weighted by atomic mass is 10.3. The summed E-state index contributed by atoms with van der Waals surface area (Å²) < 4.78 is 0. The molecule has 78 valence electrons. The van der Waals surface area contributed by atoms with Crippen LogP contribution in [0.2, 0.25) is 0 Å². The van der Waals surface area contributed by atoms with Crippen LogP contribution in [0.5, 0.6) is 0 Å². The molecule has 3 aromatic rings. The molecule has 0 unspecified atom stereocenters. The van der Waals surface area contributed by atoms with Gasteiger partial charge in [0.25, 0.3) is 0 Å². The van der Waals surface area contributed by atoms with Crippen molar-refractivity contribution in [1.29, 1.82) is 0 Å². The van der Waals surface area contributed by atoms with Crippen molar-refractivity contribution in [1.82, 2.24) is 9.97 Å². The molecule has 4 nitrogen and oxygen atoms in total. The summed E-state index contributed by atoms with van der Waals surface area (Å²) in [6.45, 7) is 0. The zero-order valence-electron chi connectivity index (χ0n) is 8.04. The first-order valence-corrected chi connectivity index (χ1v) is 5.45. The fourth-order valence-electron chi connectivity index (χ4n) is 1.53. The molecule has 0 radical (unpaired) electrons. The number of rotatable bonds is 1. The van der Waals surface area contributed by atoms with Crippen LogP contribution >= 0.6 is 11.3 Å². The molecule has 0 saturated carbocycles. The predicted octanol–water partition coefficient (Wildman–Crippen LogP) is 2.54. The van der Waals surface area contributed by atoms with Crippen molar-refractivity contribution < 1.29 is 9.90 Å². The number of aromatic carboxylic acids is 1. The highest BCUT2D eigenvalue weighted by Crippen LogP contribution is 2.24. The van der Waals surface area contributed by atoms with E-state index in [-0.39, 0.29) is 4.88 Å². The summed E-state index contributed by atoms with van der Waals surface area (Å²) in [7, 11) is 0. The summed E-state index contributed by atoms with van der Waals surface area (Å²) in [6, 6.07) is 9.05. The molecule has 1 N–H and O–H groups in total. The predicted molar refractivity (Wildman–Crippen MR) is 61.9 cm³/mol. The molecule has 3 rings (SSSR count). The molecule has 2 aromatic heterocycles. The van der Waals surface area contributed by atoms with Crippen LogP contribution < -0.4 is 0 Å². The van der Waals surface area contributed by atoms with Crippen LogP contribution in [-0.4, -0.2) is 21.0 Å². The Balaban J connectivity index is 2.38. The third-order valence-corrected chi connectivity index (χ3v) is 3.26. The van der Waals surface area contributed by atoms with Crippen LogP contribution in [-0.2, 0) is 0 Å². The average molecular weight is 230 g/mol. The van der Waals surface area contributed by atoms with Crippen molar-refractivity contribution in [2.24, 2.45) is 0 Å². The fraction of sp³-hybridized carbons (Fsp3) is 0. The van der Waals surface area contributed by atoms with E-state index in [4.69, 9.17) is 5.11 Å². The van der Waals surface area contributed by atoms with Gasteiger partial charge in [-0.15, -0.1) is 11.3 Å². The van der Waals surface area contributed by atoms with Crippen LogP contribution in [0.1, 0.15) is 9.67 Å². The molecule has 0 saturated heterocycles. The van der Waals surface area contributed by atoms with Crippen LogP contribution in [0.25, 0.3) is 21.4 Å². The Hall–Kier alpha value is -2.01. The number of carboxylic acid groups (broad SMARTS) is 1. The largest absolute Gasteiger partial charge is 0.477 e. The molecule has 0 fully saturated rings. The Kier molecular flexibility index (Phi) is 1.87. The van der Waals surface area contributed by atoms with Gasteiger partial charge in [-0.3, -0.25) is 0 Å². The minimum absolute atomic E-state index is 0.269. The molecule has 0 atom stereocenters. The van der Waals surface area contributed by atoms with Gasteiger partial charge in [0, 0.05) is 0 Å². The maximum absolute atomic E-state index is 10.8. The molecule has 0 aliphatic heterocycles. The maximum Gasteiger partial charge on any atom is 0.346 e. The second-order valence-electron chi connectivity index (χ2n) is 3.32. The summed E-state index contributed by atoms with van der Waals surface area (Å²) in [4.78, 5) is 20.5. The normalized spacial score (nSPS) is 11.0. The molecule has 2 heterocycles. The van der Waals surface area contributed by atoms with E-state index in [1.54, 1.807) is 6.07 Å². The molecule has 1 aromatic carbocycles. The first kappa shape index (κ1) is 9.23. The second-order valence-corrected chi connectivity index (χ2v) is 4.35. The monoisotopic (exact) mass is 230 g/mol. The van der Waals surface area contributed by atoms with Crippen molar-refractivity contribution in [2.45, 2.75) is 0 Å². The lowest BCUT2D eigenvalue weighted by Gasteiger charge is -1.94. The second kappa shape index (κ2) is 3.24. The topological polar surface area (TPSA) is 63.1 Å². The summed E-state index contributed by atoms with van der Waals surface area (Å²) in [5, 5.41) is 8.88. The van der Waals surface area contributed by atoms with Gasteiger partial charge in [0.15, 0.2) is 0 Å². The van der Waals surface area contributed by atoms with E-state index in [0.29, 0.717) is 10.3 Å². The third-order valence-electron chi connectivity index (χ3n) is 2.25. The minimum atomic E-state index is -0.936. The number of carbonyl (C=O) groups is 1. The van der Waals surface area contributed by atoms with E-state index in [1.165, 1.54) is 0 Å². The zero-order chi connectivity index (χ0) is 11.1. The van der Waals surface area contributed by atoms with E-state index < -0.39 is 5.97 Å². The summed E-state index contributed by atoms with van der Waals surface area (Å²) >= 11 is 1.15. The third kappa shape index (κ3) is 1.33. The molecule has 16 heavy (non-hydrogen) atoms. The van der Waals surface area contributed by atoms with Crippen LogP contribution in [0, 0.1) is 0 Å². The van der Waals surface area contributed by atoms with Gasteiger partial charge in [-0.1, -0.05) is 12.1 Å². The molecular formula is C11H6N2O2S. The fourth-order valence-corrected chi connectivity index (χ4v) is 2.35. The molecule has 0 aliphatic rings. The summed E-state index contributed by atoms with van der Waals surface area (Å²) in [5.41, 5.74) is 2.21.